The van der Waals surface area contributed by atoms with E-state index in [9.17, 15) is 13.2 Å². The number of para-hydroxylation sites is 1. The first-order valence-corrected chi connectivity index (χ1v) is 11.7. The summed E-state index contributed by atoms with van der Waals surface area (Å²) in [4.78, 5) is 5.36. The molecular formula is C26H32F3N3O2. The molecule has 0 saturated carbocycles. The number of aromatic amines is 1. The molecule has 5 nitrogen and oxygen atoms in total. The third kappa shape index (κ3) is 5.18. The summed E-state index contributed by atoms with van der Waals surface area (Å²) in [6.07, 6.45) is -1.27. The molecule has 0 amide bonds. The molecule has 3 aromatic rings. The number of aromatic nitrogens is 1. The van der Waals surface area contributed by atoms with Crippen molar-refractivity contribution in [1.29, 1.82) is 0 Å². The standard InChI is InChI=1S/C26H32F3N3O2/c1-17-14-21-19-6-3-4-7-22(19)31-25(21)26(32(17)16-24(28)29)20-9-8-18(15-23(20)33-2)34-13-12-30-11-5-10-27/h3-4,6-9,15,17,24,26,30-31H,5,10-14,16H2,1-2H3/t17-,26-/m1/s1. The highest BCUT2D eigenvalue weighted by molar-refractivity contribution is 5.85. The molecule has 2 N–H and O–H groups in total. The maximum atomic E-state index is 13.6. The van der Waals surface area contributed by atoms with Crippen LogP contribution in [0.2, 0.25) is 0 Å². The van der Waals surface area contributed by atoms with Crippen LogP contribution in [-0.4, -0.2) is 62.4 Å². The summed E-state index contributed by atoms with van der Waals surface area (Å²) in [6.45, 7) is 2.97. The highest BCUT2D eigenvalue weighted by atomic mass is 19.3. The quantitative estimate of drug-likeness (QED) is 0.379. The molecule has 184 valence electrons. The Balaban J connectivity index is 1.66. The van der Waals surface area contributed by atoms with Crippen molar-refractivity contribution < 1.29 is 22.6 Å². The van der Waals surface area contributed by atoms with Crippen LogP contribution in [0.3, 0.4) is 0 Å². The SMILES string of the molecule is COc1cc(OCCNCCCF)ccc1[C@@H]1c2[nH]c3ccccc3c2C[C@@H](C)N1CC(F)F. The van der Waals surface area contributed by atoms with Gasteiger partial charge in [0.1, 0.15) is 18.1 Å². The molecule has 34 heavy (non-hydrogen) atoms. The van der Waals surface area contributed by atoms with E-state index < -0.39 is 12.5 Å². The molecular weight excluding hydrogens is 443 g/mol. The van der Waals surface area contributed by atoms with E-state index in [1.54, 1.807) is 13.2 Å². The number of halogens is 3. The van der Waals surface area contributed by atoms with E-state index in [4.69, 9.17) is 9.47 Å². The zero-order chi connectivity index (χ0) is 24.1. The Hall–Kier alpha value is -2.71. The molecule has 0 radical (unpaired) electrons. The van der Waals surface area contributed by atoms with Crippen LogP contribution in [-0.2, 0) is 6.42 Å². The van der Waals surface area contributed by atoms with Crippen LogP contribution < -0.4 is 14.8 Å². The smallest absolute Gasteiger partial charge is 0.251 e. The Kier molecular flexibility index (Phi) is 8.00. The first-order valence-electron chi connectivity index (χ1n) is 11.7. The zero-order valence-corrected chi connectivity index (χ0v) is 19.6. The molecule has 0 bridgehead atoms. The summed E-state index contributed by atoms with van der Waals surface area (Å²) in [5.41, 5.74) is 3.92. The summed E-state index contributed by atoms with van der Waals surface area (Å²) in [6, 6.07) is 13.2. The fourth-order valence-corrected chi connectivity index (χ4v) is 4.85. The Morgan fingerprint density at radius 2 is 2.00 bits per heavy atom. The maximum Gasteiger partial charge on any atom is 0.251 e. The first kappa shape index (κ1) is 24.4. The Labute approximate surface area is 198 Å². The maximum absolute atomic E-state index is 13.6. The van der Waals surface area contributed by atoms with E-state index >= 15 is 0 Å². The average Bonchev–Trinajstić information content (AvgIpc) is 3.19. The van der Waals surface area contributed by atoms with Crippen LogP contribution in [0.25, 0.3) is 10.9 Å². The molecule has 0 saturated heterocycles. The lowest BCUT2D eigenvalue weighted by Crippen LogP contribution is -2.45. The Morgan fingerprint density at radius 3 is 2.76 bits per heavy atom. The number of fused-ring (bicyclic) bond motifs is 3. The number of benzene rings is 2. The molecule has 1 aliphatic heterocycles. The van der Waals surface area contributed by atoms with Crippen molar-refractivity contribution in [3.05, 3.63) is 59.3 Å². The average molecular weight is 476 g/mol. The fraction of sp³-hybridized carbons (Fsp3) is 0.462. The van der Waals surface area contributed by atoms with Gasteiger partial charge in [0, 0.05) is 40.8 Å². The summed E-state index contributed by atoms with van der Waals surface area (Å²) in [7, 11) is 1.58. The van der Waals surface area contributed by atoms with Crippen LogP contribution in [0, 0.1) is 0 Å². The summed E-state index contributed by atoms with van der Waals surface area (Å²) < 4.78 is 51.0. The second kappa shape index (κ2) is 11.1. The van der Waals surface area contributed by atoms with Gasteiger partial charge in [0.15, 0.2) is 0 Å². The van der Waals surface area contributed by atoms with Gasteiger partial charge in [-0.25, -0.2) is 8.78 Å². The van der Waals surface area contributed by atoms with Gasteiger partial charge in [0.05, 0.1) is 26.4 Å². The van der Waals surface area contributed by atoms with E-state index in [0.717, 1.165) is 22.2 Å². The minimum Gasteiger partial charge on any atom is -0.496 e. The number of hydrogen-bond donors (Lipinski definition) is 2. The molecule has 4 rings (SSSR count). The molecule has 0 aliphatic carbocycles. The largest absolute Gasteiger partial charge is 0.496 e. The van der Waals surface area contributed by atoms with Crippen LogP contribution >= 0.6 is 0 Å². The van der Waals surface area contributed by atoms with Crippen molar-refractivity contribution in [2.24, 2.45) is 0 Å². The van der Waals surface area contributed by atoms with Gasteiger partial charge in [-0.05, 0) is 50.1 Å². The molecule has 1 aromatic heterocycles. The van der Waals surface area contributed by atoms with E-state index in [2.05, 4.69) is 16.4 Å². The van der Waals surface area contributed by atoms with Crippen LogP contribution in [0.1, 0.15) is 36.2 Å². The van der Waals surface area contributed by atoms with E-state index in [1.807, 2.05) is 42.2 Å². The molecule has 0 spiro atoms. The van der Waals surface area contributed by atoms with Crippen molar-refractivity contribution in [2.75, 3.05) is 40.0 Å². The Bertz CT molecular complexity index is 1090. The number of alkyl halides is 3. The van der Waals surface area contributed by atoms with Crippen molar-refractivity contribution in [1.82, 2.24) is 15.2 Å². The highest BCUT2D eigenvalue weighted by Crippen LogP contribution is 2.44. The number of H-pyrrole nitrogens is 1. The number of rotatable bonds is 11. The Morgan fingerprint density at radius 1 is 1.18 bits per heavy atom. The fourth-order valence-electron chi connectivity index (χ4n) is 4.85. The minimum atomic E-state index is -2.45. The van der Waals surface area contributed by atoms with Gasteiger partial charge in [-0.3, -0.25) is 9.29 Å². The normalized spacial score (nSPS) is 18.4. The third-order valence-corrected chi connectivity index (χ3v) is 6.40. The van der Waals surface area contributed by atoms with Crippen LogP contribution in [0.15, 0.2) is 42.5 Å². The lowest BCUT2D eigenvalue weighted by molar-refractivity contribution is 0.0450. The van der Waals surface area contributed by atoms with E-state index in [-0.39, 0.29) is 19.3 Å². The van der Waals surface area contributed by atoms with Crippen LogP contribution in [0.5, 0.6) is 11.5 Å². The van der Waals surface area contributed by atoms with E-state index in [1.165, 1.54) is 5.56 Å². The summed E-state index contributed by atoms with van der Waals surface area (Å²) >= 11 is 0. The predicted molar refractivity (Wildman–Crippen MR) is 128 cm³/mol. The lowest BCUT2D eigenvalue weighted by Gasteiger charge is -2.41. The molecule has 2 heterocycles. The predicted octanol–water partition coefficient (Wildman–Crippen LogP) is 5.11. The second-order valence-corrected chi connectivity index (χ2v) is 8.65. The zero-order valence-electron chi connectivity index (χ0n) is 19.6. The molecule has 2 atom stereocenters. The monoisotopic (exact) mass is 475 g/mol. The van der Waals surface area contributed by atoms with Crippen LogP contribution in [0.4, 0.5) is 13.2 Å². The summed E-state index contributed by atoms with van der Waals surface area (Å²) in [5.74, 6) is 1.22. The lowest BCUT2D eigenvalue weighted by atomic mass is 9.88. The third-order valence-electron chi connectivity index (χ3n) is 6.40. The van der Waals surface area contributed by atoms with Gasteiger partial charge in [-0.1, -0.05) is 18.2 Å². The number of nitrogens with zero attached hydrogens (tertiary/aromatic N) is 1. The molecule has 0 fully saturated rings. The second-order valence-electron chi connectivity index (χ2n) is 8.65. The van der Waals surface area contributed by atoms with Crippen molar-refractivity contribution in [3.8, 4) is 11.5 Å². The molecule has 1 aliphatic rings. The van der Waals surface area contributed by atoms with Crippen molar-refractivity contribution >= 4 is 10.9 Å². The van der Waals surface area contributed by atoms with Crippen molar-refractivity contribution in [2.45, 2.75) is 38.3 Å². The van der Waals surface area contributed by atoms with E-state index in [0.29, 0.717) is 44.0 Å². The van der Waals surface area contributed by atoms with Gasteiger partial charge < -0.3 is 19.8 Å². The number of nitrogens with one attached hydrogen (secondary N) is 2. The van der Waals surface area contributed by atoms with Gasteiger partial charge in [-0.2, -0.15) is 0 Å². The van der Waals surface area contributed by atoms with Gasteiger partial charge >= 0.3 is 0 Å². The molecule has 0 unspecified atom stereocenters. The first-order chi connectivity index (χ1) is 16.5. The topological polar surface area (TPSA) is 49.5 Å². The van der Waals surface area contributed by atoms with Gasteiger partial charge in [0.2, 0.25) is 0 Å². The van der Waals surface area contributed by atoms with Gasteiger partial charge in [0.25, 0.3) is 6.43 Å². The molecule has 2 aromatic carbocycles. The van der Waals surface area contributed by atoms with Gasteiger partial charge in [-0.15, -0.1) is 0 Å². The number of methoxy groups -OCH3 is 1. The van der Waals surface area contributed by atoms with Crippen molar-refractivity contribution in [3.63, 3.8) is 0 Å². The number of ether oxygens (including phenoxy) is 2. The number of hydrogen-bond acceptors (Lipinski definition) is 4. The molecule has 8 heteroatoms. The minimum absolute atomic E-state index is 0.0678. The highest BCUT2D eigenvalue weighted by Gasteiger charge is 2.38. The summed E-state index contributed by atoms with van der Waals surface area (Å²) in [5, 5.41) is 4.25.